The van der Waals surface area contributed by atoms with Crippen LogP contribution in [0.3, 0.4) is 0 Å². The Balaban J connectivity index is 1.61. The molecule has 0 aliphatic carbocycles. The molecule has 1 aliphatic rings. The van der Waals surface area contributed by atoms with Crippen molar-refractivity contribution in [3.05, 3.63) is 42.7 Å². The molecule has 2 N–H and O–H groups in total. The van der Waals surface area contributed by atoms with Gasteiger partial charge in [0.25, 0.3) is 10.0 Å². The van der Waals surface area contributed by atoms with Gasteiger partial charge in [0.1, 0.15) is 0 Å². The predicted molar refractivity (Wildman–Crippen MR) is 109 cm³/mol. The summed E-state index contributed by atoms with van der Waals surface area (Å²) in [6.07, 6.45) is 2.94. The van der Waals surface area contributed by atoms with E-state index in [1.807, 2.05) is 0 Å². The monoisotopic (exact) mass is 406 g/mol. The van der Waals surface area contributed by atoms with Crippen LogP contribution < -0.4 is 10.0 Å². The number of thiocarbonyl (C=S) groups is 1. The number of hydrogen-bond acceptors (Lipinski definition) is 6. The standard InChI is InChI=1S/C17H22N6O2S2/c1-2-22-10-12-23(13-11-22)17(26)20-14-4-6-15(7-5-14)27(24,25)21-16-18-8-3-9-19-16/h3-9H,2,10-13H2,1H3,(H,20,26)(H,18,19,21). The minimum absolute atomic E-state index is 0.0344. The zero-order valence-corrected chi connectivity index (χ0v) is 16.6. The molecule has 0 spiro atoms. The molecule has 1 aromatic heterocycles. The predicted octanol–water partition coefficient (Wildman–Crippen LogP) is 1.61. The zero-order chi connectivity index (χ0) is 19.3. The van der Waals surface area contributed by atoms with Gasteiger partial charge in [-0.1, -0.05) is 6.92 Å². The summed E-state index contributed by atoms with van der Waals surface area (Å²) in [6, 6.07) is 8.03. The zero-order valence-electron chi connectivity index (χ0n) is 15.0. The normalized spacial score (nSPS) is 15.4. The Morgan fingerprint density at radius 3 is 2.33 bits per heavy atom. The van der Waals surface area contributed by atoms with Crippen molar-refractivity contribution < 1.29 is 8.42 Å². The lowest BCUT2D eigenvalue weighted by atomic mass is 10.3. The van der Waals surface area contributed by atoms with Crippen LogP contribution in [0, 0.1) is 0 Å². The molecule has 27 heavy (non-hydrogen) atoms. The molecule has 0 radical (unpaired) electrons. The van der Waals surface area contributed by atoms with Crippen LogP contribution in [0.4, 0.5) is 11.6 Å². The summed E-state index contributed by atoms with van der Waals surface area (Å²) in [5, 5.41) is 3.82. The number of piperazine rings is 1. The molecule has 1 fully saturated rings. The van der Waals surface area contributed by atoms with Crippen molar-refractivity contribution in [1.29, 1.82) is 0 Å². The summed E-state index contributed by atoms with van der Waals surface area (Å²) in [7, 11) is -3.74. The molecule has 144 valence electrons. The van der Waals surface area contributed by atoms with Crippen molar-refractivity contribution in [2.45, 2.75) is 11.8 Å². The van der Waals surface area contributed by atoms with Crippen molar-refractivity contribution in [3.8, 4) is 0 Å². The molecule has 0 amide bonds. The average molecular weight is 407 g/mol. The molecule has 0 saturated carbocycles. The Hall–Kier alpha value is -2.30. The number of benzene rings is 1. The Bertz CT molecular complexity index is 866. The maximum Gasteiger partial charge on any atom is 0.264 e. The van der Waals surface area contributed by atoms with E-state index in [9.17, 15) is 8.42 Å². The number of nitrogens with zero attached hydrogens (tertiary/aromatic N) is 4. The van der Waals surface area contributed by atoms with E-state index >= 15 is 0 Å². The first-order chi connectivity index (χ1) is 13.0. The maximum absolute atomic E-state index is 12.4. The SMILES string of the molecule is CCN1CCN(C(=S)Nc2ccc(S(=O)(=O)Nc3ncccn3)cc2)CC1. The molecule has 0 bridgehead atoms. The van der Waals surface area contributed by atoms with Crippen LogP contribution in [0.1, 0.15) is 6.92 Å². The molecule has 0 unspecified atom stereocenters. The number of aromatic nitrogens is 2. The van der Waals surface area contributed by atoms with Gasteiger partial charge in [0, 0.05) is 44.3 Å². The van der Waals surface area contributed by atoms with Gasteiger partial charge in [0.05, 0.1) is 4.90 Å². The molecule has 2 heterocycles. The lowest BCUT2D eigenvalue weighted by Crippen LogP contribution is -2.49. The third-order valence-corrected chi connectivity index (χ3v) is 6.02. The highest BCUT2D eigenvalue weighted by Crippen LogP contribution is 2.17. The van der Waals surface area contributed by atoms with Gasteiger partial charge in [0.15, 0.2) is 5.11 Å². The van der Waals surface area contributed by atoms with Crippen molar-refractivity contribution in [3.63, 3.8) is 0 Å². The van der Waals surface area contributed by atoms with Gasteiger partial charge in [-0.3, -0.25) is 0 Å². The number of rotatable bonds is 5. The van der Waals surface area contributed by atoms with Crippen LogP contribution in [0.25, 0.3) is 0 Å². The van der Waals surface area contributed by atoms with E-state index in [2.05, 4.69) is 36.7 Å². The van der Waals surface area contributed by atoms with E-state index in [0.29, 0.717) is 5.11 Å². The number of hydrogen-bond donors (Lipinski definition) is 2. The first kappa shape index (κ1) is 19.5. The highest BCUT2D eigenvalue weighted by Gasteiger charge is 2.18. The van der Waals surface area contributed by atoms with Crippen LogP contribution in [-0.4, -0.2) is 66.0 Å². The van der Waals surface area contributed by atoms with Crippen molar-refractivity contribution in [1.82, 2.24) is 19.8 Å². The van der Waals surface area contributed by atoms with Crippen LogP contribution >= 0.6 is 12.2 Å². The fourth-order valence-corrected chi connectivity index (χ4v) is 3.98. The number of likely N-dealkylation sites (N-methyl/N-ethyl adjacent to an activating group) is 1. The van der Waals surface area contributed by atoms with Gasteiger partial charge >= 0.3 is 0 Å². The Kier molecular flexibility index (Phi) is 6.19. The first-order valence-corrected chi connectivity index (χ1v) is 10.6. The molecular formula is C17H22N6O2S2. The van der Waals surface area contributed by atoms with Gasteiger partial charge < -0.3 is 15.1 Å². The van der Waals surface area contributed by atoms with Crippen LogP contribution in [0.5, 0.6) is 0 Å². The summed E-state index contributed by atoms with van der Waals surface area (Å²) in [4.78, 5) is 12.4. The summed E-state index contributed by atoms with van der Waals surface area (Å²) in [5.41, 5.74) is 0.743. The summed E-state index contributed by atoms with van der Waals surface area (Å²) in [6.45, 7) is 6.94. The average Bonchev–Trinajstić information content (AvgIpc) is 2.69. The summed E-state index contributed by atoms with van der Waals surface area (Å²) < 4.78 is 27.1. The Morgan fingerprint density at radius 1 is 1.11 bits per heavy atom. The van der Waals surface area contributed by atoms with E-state index in [0.717, 1.165) is 38.4 Å². The molecule has 1 aliphatic heterocycles. The van der Waals surface area contributed by atoms with Crippen LogP contribution in [-0.2, 0) is 10.0 Å². The number of sulfonamides is 1. The molecule has 1 aromatic carbocycles. The van der Waals surface area contributed by atoms with Gasteiger partial charge in [0.2, 0.25) is 5.95 Å². The van der Waals surface area contributed by atoms with E-state index < -0.39 is 10.0 Å². The highest BCUT2D eigenvalue weighted by atomic mass is 32.2. The van der Waals surface area contributed by atoms with Gasteiger partial charge in [-0.05, 0) is 49.1 Å². The van der Waals surface area contributed by atoms with E-state index in [1.54, 1.807) is 18.2 Å². The van der Waals surface area contributed by atoms with Crippen LogP contribution in [0.2, 0.25) is 0 Å². The third kappa shape index (κ3) is 5.12. The number of anilines is 2. The molecule has 2 aromatic rings. The second-order valence-electron chi connectivity index (χ2n) is 6.05. The third-order valence-electron chi connectivity index (χ3n) is 4.31. The minimum Gasteiger partial charge on any atom is -0.346 e. The molecule has 1 saturated heterocycles. The minimum atomic E-state index is -3.74. The molecule has 10 heteroatoms. The van der Waals surface area contributed by atoms with Gasteiger partial charge in [-0.25, -0.2) is 23.1 Å². The summed E-state index contributed by atoms with van der Waals surface area (Å²) >= 11 is 5.47. The van der Waals surface area contributed by atoms with Crippen molar-refractivity contribution in [2.24, 2.45) is 0 Å². The molecule has 3 rings (SSSR count). The smallest absolute Gasteiger partial charge is 0.264 e. The number of nitrogens with one attached hydrogen (secondary N) is 2. The molecule has 0 atom stereocenters. The second-order valence-corrected chi connectivity index (χ2v) is 8.12. The van der Waals surface area contributed by atoms with E-state index in [-0.39, 0.29) is 10.8 Å². The fourth-order valence-electron chi connectivity index (χ4n) is 2.72. The Morgan fingerprint density at radius 2 is 1.74 bits per heavy atom. The molecular weight excluding hydrogens is 384 g/mol. The Labute approximate surface area is 164 Å². The van der Waals surface area contributed by atoms with Gasteiger partial charge in [-0.2, -0.15) is 0 Å². The van der Waals surface area contributed by atoms with E-state index in [1.165, 1.54) is 24.5 Å². The van der Waals surface area contributed by atoms with Gasteiger partial charge in [-0.15, -0.1) is 0 Å². The highest BCUT2D eigenvalue weighted by molar-refractivity contribution is 7.92. The van der Waals surface area contributed by atoms with Crippen molar-refractivity contribution in [2.75, 3.05) is 42.8 Å². The topological polar surface area (TPSA) is 90.5 Å². The first-order valence-electron chi connectivity index (χ1n) is 8.66. The van der Waals surface area contributed by atoms with Crippen molar-refractivity contribution >= 4 is 39.0 Å². The summed E-state index contributed by atoms with van der Waals surface area (Å²) in [5.74, 6) is 0.0344. The quantitative estimate of drug-likeness (QED) is 0.724. The second kappa shape index (κ2) is 8.59. The largest absolute Gasteiger partial charge is 0.346 e. The van der Waals surface area contributed by atoms with Crippen LogP contribution in [0.15, 0.2) is 47.6 Å². The fraction of sp³-hybridized carbons (Fsp3) is 0.353. The lowest BCUT2D eigenvalue weighted by molar-refractivity contribution is 0.191. The maximum atomic E-state index is 12.4. The molecule has 8 nitrogen and oxygen atoms in total. The van der Waals surface area contributed by atoms with E-state index in [4.69, 9.17) is 12.2 Å². The lowest BCUT2D eigenvalue weighted by Gasteiger charge is -2.35.